The van der Waals surface area contributed by atoms with Gasteiger partial charge < -0.3 is 19.5 Å². The fourth-order valence-electron chi connectivity index (χ4n) is 3.27. The highest BCUT2D eigenvalue weighted by Crippen LogP contribution is 2.36. The van der Waals surface area contributed by atoms with E-state index in [2.05, 4.69) is 15.6 Å². The summed E-state index contributed by atoms with van der Waals surface area (Å²) in [6.45, 7) is 0.326. The molecular formula is C25H19N3O4S2. The van der Waals surface area contributed by atoms with E-state index in [1.165, 1.54) is 11.3 Å². The third-order valence-corrected chi connectivity index (χ3v) is 5.98. The molecule has 2 N–H and O–H groups in total. The molecule has 2 heterocycles. The average molecular weight is 490 g/mol. The highest BCUT2D eigenvalue weighted by molar-refractivity contribution is 7.80. The first-order valence-electron chi connectivity index (χ1n) is 10.4. The van der Waals surface area contributed by atoms with E-state index in [9.17, 15) is 4.79 Å². The van der Waals surface area contributed by atoms with E-state index in [0.717, 1.165) is 5.75 Å². The number of benzene rings is 3. The lowest BCUT2D eigenvalue weighted by Crippen LogP contribution is -2.34. The fourth-order valence-corrected chi connectivity index (χ4v) is 4.29. The molecule has 1 amide bonds. The van der Waals surface area contributed by atoms with Gasteiger partial charge in [0.05, 0.1) is 0 Å². The number of aromatic nitrogens is 1. The zero-order valence-corrected chi connectivity index (χ0v) is 19.4. The van der Waals surface area contributed by atoms with Crippen LogP contribution in [0.1, 0.15) is 21.6 Å². The van der Waals surface area contributed by atoms with Crippen LogP contribution in [0.25, 0.3) is 0 Å². The topological polar surface area (TPSA) is 81.7 Å². The first-order valence-corrected chi connectivity index (χ1v) is 11.7. The van der Waals surface area contributed by atoms with Gasteiger partial charge in [0.1, 0.15) is 28.8 Å². The number of para-hydroxylation sites is 3. The molecule has 4 aromatic rings. The van der Waals surface area contributed by atoms with Gasteiger partial charge in [0.25, 0.3) is 5.91 Å². The van der Waals surface area contributed by atoms with E-state index in [-0.39, 0.29) is 16.9 Å². The van der Waals surface area contributed by atoms with Crippen LogP contribution >= 0.6 is 23.6 Å². The second-order valence-electron chi connectivity index (χ2n) is 7.29. The number of thiocarbonyl (C=S) groups is 1. The van der Waals surface area contributed by atoms with Crippen LogP contribution in [0.5, 0.6) is 23.0 Å². The number of hydrogen-bond acceptors (Lipinski definition) is 7. The Hall–Kier alpha value is -3.95. The number of fused-ring (bicyclic) bond motifs is 1. The standard InChI is InChI=1S/C25H19N3O4S2/c29-23(19-15-34-24(27-19)22-14-30-20-11-4-5-12-21(20)32-22)28-25(33)26-16-7-6-10-18(13-16)31-17-8-2-1-3-9-17/h1-13,15,22H,14H2,(H2,26,28,29,33). The summed E-state index contributed by atoms with van der Waals surface area (Å²) in [6.07, 6.45) is -0.376. The van der Waals surface area contributed by atoms with E-state index in [4.69, 9.17) is 26.4 Å². The Kier molecular flexibility index (Phi) is 6.37. The summed E-state index contributed by atoms with van der Waals surface area (Å²) < 4.78 is 17.5. The Bertz CT molecular complexity index is 1330. The number of carbonyl (C=O) groups excluding carboxylic acids is 1. The van der Waals surface area contributed by atoms with E-state index in [1.54, 1.807) is 11.4 Å². The Morgan fingerprint density at radius 2 is 1.76 bits per heavy atom. The van der Waals surface area contributed by atoms with Gasteiger partial charge in [-0.05, 0) is 48.6 Å². The minimum Gasteiger partial charge on any atom is -0.485 e. The minimum absolute atomic E-state index is 0.155. The zero-order chi connectivity index (χ0) is 23.3. The molecule has 1 aliphatic heterocycles. The van der Waals surface area contributed by atoms with Crippen LogP contribution in [0.2, 0.25) is 0 Å². The Balaban J connectivity index is 1.18. The van der Waals surface area contributed by atoms with Gasteiger partial charge in [0.15, 0.2) is 22.7 Å². The van der Waals surface area contributed by atoms with E-state index < -0.39 is 5.91 Å². The lowest BCUT2D eigenvalue weighted by molar-refractivity contribution is 0.0902. The van der Waals surface area contributed by atoms with Crippen molar-refractivity contribution in [2.45, 2.75) is 6.10 Å². The molecular weight excluding hydrogens is 470 g/mol. The number of amides is 1. The molecule has 34 heavy (non-hydrogen) atoms. The van der Waals surface area contributed by atoms with E-state index in [0.29, 0.717) is 34.6 Å². The summed E-state index contributed by atoms with van der Waals surface area (Å²) in [7, 11) is 0. The van der Waals surface area contributed by atoms with Gasteiger partial charge in [-0.1, -0.05) is 36.4 Å². The number of nitrogens with zero attached hydrogens (tertiary/aromatic N) is 1. The van der Waals surface area contributed by atoms with Crippen molar-refractivity contribution in [3.05, 3.63) is 94.9 Å². The van der Waals surface area contributed by atoms with Crippen LogP contribution in [-0.4, -0.2) is 22.6 Å². The molecule has 0 aliphatic carbocycles. The first kappa shape index (κ1) is 21.9. The number of rotatable bonds is 5. The number of thiazole rings is 1. The lowest BCUT2D eigenvalue weighted by atomic mass is 10.2. The molecule has 0 saturated carbocycles. The zero-order valence-electron chi connectivity index (χ0n) is 17.8. The van der Waals surface area contributed by atoms with Gasteiger partial charge in [-0.15, -0.1) is 11.3 Å². The second kappa shape index (κ2) is 9.90. The van der Waals surface area contributed by atoms with Gasteiger partial charge in [-0.2, -0.15) is 0 Å². The summed E-state index contributed by atoms with van der Waals surface area (Å²) in [5, 5.41) is 8.14. The maximum Gasteiger partial charge on any atom is 0.276 e. The van der Waals surface area contributed by atoms with Gasteiger partial charge in [0, 0.05) is 17.1 Å². The van der Waals surface area contributed by atoms with Crippen LogP contribution in [0.15, 0.2) is 84.2 Å². The van der Waals surface area contributed by atoms with Crippen LogP contribution in [0.4, 0.5) is 5.69 Å². The first-order chi connectivity index (χ1) is 16.6. The normalized spacial score (nSPS) is 14.2. The molecule has 0 bridgehead atoms. The number of ether oxygens (including phenoxy) is 3. The average Bonchev–Trinajstić information content (AvgIpc) is 3.35. The number of hydrogen-bond donors (Lipinski definition) is 2. The molecule has 5 rings (SSSR count). The molecule has 0 radical (unpaired) electrons. The maximum atomic E-state index is 12.7. The van der Waals surface area contributed by atoms with Gasteiger partial charge in [0.2, 0.25) is 0 Å². The predicted octanol–water partition coefficient (Wildman–Crippen LogP) is 5.57. The largest absolute Gasteiger partial charge is 0.485 e. The summed E-state index contributed by atoms with van der Waals surface area (Å²) in [4.78, 5) is 17.1. The van der Waals surface area contributed by atoms with Crippen molar-refractivity contribution in [1.82, 2.24) is 10.3 Å². The molecule has 1 atom stereocenters. The van der Waals surface area contributed by atoms with Crippen LogP contribution in [-0.2, 0) is 0 Å². The van der Waals surface area contributed by atoms with Crippen molar-refractivity contribution in [3.8, 4) is 23.0 Å². The smallest absolute Gasteiger partial charge is 0.276 e. The quantitative estimate of drug-likeness (QED) is 0.355. The SMILES string of the molecule is O=C(NC(=S)Nc1cccc(Oc2ccccc2)c1)c1csc(C2COc3ccccc3O2)n1. The molecule has 170 valence electrons. The highest BCUT2D eigenvalue weighted by atomic mass is 32.1. The summed E-state index contributed by atoms with van der Waals surface area (Å²) in [6, 6.07) is 24.2. The molecule has 9 heteroatoms. The number of anilines is 1. The van der Waals surface area contributed by atoms with Crippen LogP contribution in [0, 0.1) is 0 Å². The van der Waals surface area contributed by atoms with Gasteiger partial charge in [-0.3, -0.25) is 10.1 Å². The van der Waals surface area contributed by atoms with Crippen molar-refractivity contribution in [2.24, 2.45) is 0 Å². The summed E-state index contributed by atoms with van der Waals surface area (Å²) in [5.41, 5.74) is 0.942. The van der Waals surface area contributed by atoms with Gasteiger partial charge in [-0.25, -0.2) is 4.98 Å². The molecule has 1 aromatic heterocycles. The van der Waals surface area contributed by atoms with Crippen molar-refractivity contribution in [3.63, 3.8) is 0 Å². The molecule has 1 aliphatic rings. The molecule has 3 aromatic carbocycles. The van der Waals surface area contributed by atoms with Crippen molar-refractivity contribution in [2.75, 3.05) is 11.9 Å². The van der Waals surface area contributed by atoms with Crippen molar-refractivity contribution in [1.29, 1.82) is 0 Å². The molecule has 0 fully saturated rings. The van der Waals surface area contributed by atoms with Crippen molar-refractivity contribution >= 4 is 40.3 Å². The Morgan fingerprint density at radius 1 is 1.00 bits per heavy atom. The fraction of sp³-hybridized carbons (Fsp3) is 0.0800. The molecule has 1 unspecified atom stereocenters. The third kappa shape index (κ3) is 5.16. The third-order valence-electron chi connectivity index (χ3n) is 4.84. The van der Waals surface area contributed by atoms with E-state index in [1.807, 2.05) is 72.8 Å². The maximum absolute atomic E-state index is 12.7. The second-order valence-corrected chi connectivity index (χ2v) is 8.58. The molecule has 7 nitrogen and oxygen atoms in total. The molecule has 0 saturated heterocycles. The Morgan fingerprint density at radius 3 is 2.62 bits per heavy atom. The summed E-state index contributed by atoms with van der Waals surface area (Å²) in [5.74, 6) is 2.32. The number of carbonyl (C=O) groups is 1. The monoisotopic (exact) mass is 489 g/mol. The van der Waals surface area contributed by atoms with Gasteiger partial charge >= 0.3 is 0 Å². The van der Waals surface area contributed by atoms with Crippen LogP contribution < -0.4 is 24.8 Å². The Labute approximate surface area is 205 Å². The van der Waals surface area contributed by atoms with Crippen LogP contribution in [0.3, 0.4) is 0 Å². The highest BCUT2D eigenvalue weighted by Gasteiger charge is 2.26. The molecule has 0 spiro atoms. The predicted molar refractivity (Wildman–Crippen MR) is 134 cm³/mol. The van der Waals surface area contributed by atoms with E-state index >= 15 is 0 Å². The number of nitrogens with one attached hydrogen (secondary N) is 2. The lowest BCUT2D eigenvalue weighted by Gasteiger charge is -2.24. The minimum atomic E-state index is -0.409. The summed E-state index contributed by atoms with van der Waals surface area (Å²) >= 11 is 6.64. The van der Waals surface area contributed by atoms with Crippen molar-refractivity contribution < 1.29 is 19.0 Å².